The summed E-state index contributed by atoms with van der Waals surface area (Å²) < 4.78 is 0. The van der Waals surface area contributed by atoms with Crippen LogP contribution in [0.25, 0.3) is 0 Å². The van der Waals surface area contributed by atoms with E-state index in [2.05, 4.69) is 0 Å². The number of aliphatic hydroxyl groups excluding tert-OH is 1. The SMILES string of the molecule is O=[N+]([O-])c1ccc(Cl)c([CH]O)c1. The predicted molar refractivity (Wildman–Crippen MR) is 43.4 cm³/mol. The van der Waals surface area contributed by atoms with Gasteiger partial charge in [-0.1, -0.05) is 11.6 Å². The highest BCUT2D eigenvalue weighted by atomic mass is 35.5. The standard InChI is InChI=1S/C7H5ClNO3/c8-7-2-1-6(9(11)12)3-5(7)4-10/h1-4,10H. The lowest BCUT2D eigenvalue weighted by Crippen LogP contribution is -1.90. The van der Waals surface area contributed by atoms with Gasteiger partial charge in [0.25, 0.3) is 5.69 Å². The van der Waals surface area contributed by atoms with Crippen molar-refractivity contribution in [2.24, 2.45) is 0 Å². The highest BCUT2D eigenvalue weighted by Gasteiger charge is 2.08. The summed E-state index contributed by atoms with van der Waals surface area (Å²) >= 11 is 5.59. The summed E-state index contributed by atoms with van der Waals surface area (Å²) in [5.74, 6) is 0. The Balaban J connectivity index is 3.13. The molecule has 0 atom stereocenters. The maximum atomic E-state index is 10.2. The third kappa shape index (κ3) is 1.72. The molecule has 5 heteroatoms. The van der Waals surface area contributed by atoms with Crippen molar-refractivity contribution in [1.82, 2.24) is 0 Å². The van der Waals surface area contributed by atoms with Crippen LogP contribution < -0.4 is 0 Å². The van der Waals surface area contributed by atoms with E-state index in [9.17, 15) is 10.1 Å². The molecule has 1 rings (SSSR count). The Bertz CT molecular complexity index is 314. The highest BCUT2D eigenvalue weighted by Crippen LogP contribution is 2.22. The van der Waals surface area contributed by atoms with Gasteiger partial charge in [-0.15, -0.1) is 0 Å². The van der Waals surface area contributed by atoms with Gasteiger partial charge in [0.2, 0.25) is 0 Å². The van der Waals surface area contributed by atoms with Crippen molar-refractivity contribution in [2.75, 3.05) is 0 Å². The molecule has 0 aliphatic heterocycles. The zero-order valence-corrected chi connectivity index (χ0v) is 6.65. The van der Waals surface area contributed by atoms with Crippen molar-refractivity contribution >= 4 is 17.3 Å². The van der Waals surface area contributed by atoms with E-state index in [1.807, 2.05) is 0 Å². The van der Waals surface area contributed by atoms with Gasteiger partial charge in [0.05, 0.1) is 4.92 Å². The van der Waals surface area contributed by atoms with E-state index < -0.39 is 4.92 Å². The second kappa shape index (κ2) is 3.51. The molecule has 0 heterocycles. The Labute approximate surface area is 73.5 Å². The molecule has 0 fully saturated rings. The smallest absolute Gasteiger partial charge is 0.269 e. The van der Waals surface area contributed by atoms with Gasteiger partial charge in [-0.05, 0) is 6.07 Å². The molecule has 1 aromatic rings. The molecule has 0 aromatic heterocycles. The van der Waals surface area contributed by atoms with Crippen LogP contribution in [0.5, 0.6) is 0 Å². The minimum atomic E-state index is -0.552. The maximum absolute atomic E-state index is 10.2. The molecule has 0 unspecified atom stereocenters. The molecule has 0 aliphatic rings. The van der Waals surface area contributed by atoms with Crippen molar-refractivity contribution in [1.29, 1.82) is 0 Å². The molecule has 12 heavy (non-hydrogen) atoms. The first-order chi connectivity index (χ1) is 5.65. The maximum Gasteiger partial charge on any atom is 0.269 e. The molecular formula is C7H5ClNO3. The van der Waals surface area contributed by atoms with E-state index in [4.69, 9.17) is 16.7 Å². The Morgan fingerprint density at radius 3 is 2.75 bits per heavy atom. The monoisotopic (exact) mass is 186 g/mol. The highest BCUT2D eigenvalue weighted by molar-refractivity contribution is 6.31. The Hall–Kier alpha value is -1.13. The first-order valence-electron chi connectivity index (χ1n) is 3.06. The van der Waals surface area contributed by atoms with Crippen LogP contribution >= 0.6 is 11.6 Å². The lowest BCUT2D eigenvalue weighted by atomic mass is 10.2. The number of nitro groups is 1. The molecule has 1 N–H and O–H groups in total. The minimum Gasteiger partial charge on any atom is -0.385 e. The number of benzene rings is 1. The third-order valence-corrected chi connectivity index (χ3v) is 1.67. The van der Waals surface area contributed by atoms with Crippen LogP contribution in [0, 0.1) is 16.7 Å². The van der Waals surface area contributed by atoms with E-state index in [1.165, 1.54) is 18.2 Å². The average molecular weight is 187 g/mol. The molecular weight excluding hydrogens is 182 g/mol. The van der Waals surface area contributed by atoms with E-state index in [0.717, 1.165) is 6.61 Å². The fourth-order valence-corrected chi connectivity index (χ4v) is 0.910. The molecule has 0 bridgehead atoms. The van der Waals surface area contributed by atoms with E-state index >= 15 is 0 Å². The number of aliphatic hydroxyl groups is 1. The van der Waals surface area contributed by atoms with E-state index in [0.29, 0.717) is 0 Å². The number of hydrogen-bond donors (Lipinski definition) is 1. The van der Waals surface area contributed by atoms with Crippen molar-refractivity contribution in [3.8, 4) is 0 Å². The molecule has 1 aromatic carbocycles. The molecule has 0 aliphatic carbocycles. The summed E-state index contributed by atoms with van der Waals surface area (Å²) in [6, 6.07) is 3.83. The number of hydrogen-bond acceptors (Lipinski definition) is 3. The van der Waals surface area contributed by atoms with Gasteiger partial charge in [0.1, 0.15) is 6.61 Å². The number of rotatable bonds is 2. The van der Waals surface area contributed by atoms with Gasteiger partial charge in [0, 0.05) is 22.7 Å². The second-order valence-corrected chi connectivity index (χ2v) is 2.50. The molecule has 63 valence electrons. The van der Waals surface area contributed by atoms with Crippen LogP contribution in [0.2, 0.25) is 5.02 Å². The normalized spacial score (nSPS) is 9.83. The first-order valence-corrected chi connectivity index (χ1v) is 3.44. The molecule has 0 saturated heterocycles. The predicted octanol–water partition coefficient (Wildman–Crippen LogP) is 2.13. The summed E-state index contributed by atoms with van der Waals surface area (Å²) in [6.07, 6.45) is 0. The van der Waals surface area contributed by atoms with Gasteiger partial charge in [0.15, 0.2) is 0 Å². The summed E-state index contributed by atoms with van der Waals surface area (Å²) in [7, 11) is 0. The van der Waals surface area contributed by atoms with Gasteiger partial charge < -0.3 is 5.11 Å². The summed E-state index contributed by atoms with van der Waals surface area (Å²) in [5, 5.41) is 19.1. The van der Waals surface area contributed by atoms with E-state index in [1.54, 1.807) is 0 Å². The van der Waals surface area contributed by atoms with Crippen molar-refractivity contribution in [3.05, 3.63) is 45.5 Å². The van der Waals surface area contributed by atoms with Crippen molar-refractivity contribution in [3.63, 3.8) is 0 Å². The third-order valence-electron chi connectivity index (χ3n) is 1.33. The van der Waals surface area contributed by atoms with Gasteiger partial charge in [-0.25, -0.2) is 0 Å². The number of halogens is 1. The fourth-order valence-electron chi connectivity index (χ4n) is 0.744. The van der Waals surface area contributed by atoms with Crippen LogP contribution in [0.15, 0.2) is 18.2 Å². The quantitative estimate of drug-likeness (QED) is 0.569. The second-order valence-electron chi connectivity index (χ2n) is 2.09. The lowest BCUT2D eigenvalue weighted by Gasteiger charge is -1.97. The fraction of sp³-hybridized carbons (Fsp3) is 0. The summed E-state index contributed by atoms with van der Waals surface area (Å²) in [5.41, 5.74) is 0.144. The van der Waals surface area contributed by atoms with Crippen molar-refractivity contribution < 1.29 is 10.0 Å². The minimum absolute atomic E-state index is 0.0975. The zero-order chi connectivity index (χ0) is 9.14. The van der Waals surface area contributed by atoms with Crippen LogP contribution in [0.3, 0.4) is 0 Å². The average Bonchev–Trinajstić information content (AvgIpc) is 2.05. The van der Waals surface area contributed by atoms with E-state index in [-0.39, 0.29) is 16.3 Å². The number of nitro benzene ring substituents is 1. The molecule has 0 spiro atoms. The van der Waals surface area contributed by atoms with Crippen LogP contribution in [-0.2, 0) is 0 Å². The Kier molecular flexibility index (Phi) is 2.62. The van der Waals surface area contributed by atoms with Crippen LogP contribution in [0.4, 0.5) is 5.69 Å². The first kappa shape index (κ1) is 8.96. The number of non-ortho nitro benzene ring substituents is 1. The molecule has 0 amide bonds. The van der Waals surface area contributed by atoms with Gasteiger partial charge in [-0.3, -0.25) is 10.1 Å². The summed E-state index contributed by atoms with van der Waals surface area (Å²) in [6.45, 7) is 0.731. The summed E-state index contributed by atoms with van der Waals surface area (Å²) in [4.78, 5) is 9.70. The molecule has 0 saturated carbocycles. The van der Waals surface area contributed by atoms with Gasteiger partial charge in [-0.2, -0.15) is 0 Å². The molecule has 1 radical (unpaired) electrons. The lowest BCUT2D eigenvalue weighted by molar-refractivity contribution is -0.384. The van der Waals surface area contributed by atoms with Crippen molar-refractivity contribution in [2.45, 2.75) is 0 Å². The zero-order valence-electron chi connectivity index (χ0n) is 5.90. The van der Waals surface area contributed by atoms with Crippen LogP contribution in [0.1, 0.15) is 5.56 Å². The molecule has 4 nitrogen and oxygen atoms in total. The topological polar surface area (TPSA) is 63.4 Å². The van der Waals surface area contributed by atoms with Gasteiger partial charge >= 0.3 is 0 Å². The largest absolute Gasteiger partial charge is 0.385 e. The van der Waals surface area contributed by atoms with Crippen LogP contribution in [-0.4, -0.2) is 10.0 Å². The number of nitrogens with zero attached hydrogens (tertiary/aromatic N) is 1. The Morgan fingerprint density at radius 2 is 2.25 bits per heavy atom. The Morgan fingerprint density at radius 1 is 1.58 bits per heavy atom.